The predicted molar refractivity (Wildman–Crippen MR) is 141 cm³/mol. The minimum Gasteiger partial charge on any atom is -0.488 e. The van der Waals surface area contributed by atoms with Crippen LogP contribution in [0.5, 0.6) is 5.75 Å². The average molecular weight is 550 g/mol. The summed E-state index contributed by atoms with van der Waals surface area (Å²) in [6.45, 7) is 12.5. The Kier molecular flexibility index (Phi) is 9.74. The minimum atomic E-state index is -0.249. The molecule has 0 saturated carbocycles. The molecule has 3 aromatic rings. The zero-order chi connectivity index (χ0) is 22.3. The highest BCUT2D eigenvalue weighted by Gasteiger charge is 2.15. The number of fused-ring (bicyclic) bond motifs is 1. The minimum absolute atomic E-state index is 0. The Hall–Kier alpha value is -2.36. The smallest absolute Gasteiger partial charge is 0.191 e. The molecule has 0 aliphatic heterocycles. The van der Waals surface area contributed by atoms with Gasteiger partial charge in [0, 0.05) is 31.3 Å². The molecule has 32 heavy (non-hydrogen) atoms. The van der Waals surface area contributed by atoms with Crippen LogP contribution in [0.15, 0.2) is 47.6 Å². The lowest BCUT2D eigenvalue weighted by Gasteiger charge is -2.23. The molecule has 8 heteroatoms. The molecule has 2 heterocycles. The maximum atomic E-state index is 6.16. The van der Waals surface area contributed by atoms with Crippen molar-refractivity contribution >= 4 is 35.6 Å². The van der Waals surface area contributed by atoms with Gasteiger partial charge in [0.2, 0.25) is 0 Å². The van der Waals surface area contributed by atoms with Crippen molar-refractivity contribution in [3.05, 3.63) is 59.5 Å². The standard InChI is InChI=1S/C24H34N6O.HI/c1-6-25-23(26-14-9-11-22-29-28-21-10-7-8-15-30(21)22)27-17-19-13-12-18(2)16-20(19)31-24(3,4)5;/h7-8,10,12-13,15-16H,6,9,11,14,17H2,1-5H3,(H2,25,26,27);1H. The molecule has 0 unspecified atom stereocenters. The molecule has 0 atom stereocenters. The number of aryl methyl sites for hydroxylation is 2. The number of aliphatic imine (C=N–C) groups is 1. The van der Waals surface area contributed by atoms with E-state index >= 15 is 0 Å². The normalized spacial score (nSPS) is 11.8. The summed E-state index contributed by atoms with van der Waals surface area (Å²) in [5, 5.41) is 15.2. The summed E-state index contributed by atoms with van der Waals surface area (Å²) in [6, 6.07) is 12.2. The Morgan fingerprint density at radius 3 is 2.69 bits per heavy atom. The molecule has 0 spiro atoms. The molecule has 0 amide bonds. The summed E-state index contributed by atoms with van der Waals surface area (Å²) in [5.41, 5.74) is 2.89. The van der Waals surface area contributed by atoms with Gasteiger partial charge in [0.15, 0.2) is 11.6 Å². The van der Waals surface area contributed by atoms with Crippen LogP contribution in [0.3, 0.4) is 0 Å². The van der Waals surface area contributed by atoms with E-state index in [0.717, 1.165) is 54.7 Å². The molecule has 0 saturated heterocycles. The molecular formula is C24H35IN6O. The molecule has 2 aromatic heterocycles. The van der Waals surface area contributed by atoms with Crippen LogP contribution in [0.25, 0.3) is 5.65 Å². The number of hydrogen-bond donors (Lipinski definition) is 2. The number of nitrogens with zero attached hydrogens (tertiary/aromatic N) is 4. The number of hydrogen-bond acceptors (Lipinski definition) is 4. The third kappa shape index (κ3) is 7.65. The lowest BCUT2D eigenvalue weighted by Crippen LogP contribution is -2.38. The largest absolute Gasteiger partial charge is 0.488 e. The van der Waals surface area contributed by atoms with E-state index in [9.17, 15) is 0 Å². The number of rotatable bonds is 8. The van der Waals surface area contributed by atoms with Gasteiger partial charge in [0.1, 0.15) is 17.2 Å². The summed E-state index contributed by atoms with van der Waals surface area (Å²) in [5.74, 6) is 2.67. The van der Waals surface area contributed by atoms with E-state index in [1.54, 1.807) is 0 Å². The van der Waals surface area contributed by atoms with Gasteiger partial charge >= 0.3 is 0 Å². The maximum Gasteiger partial charge on any atom is 0.191 e. The van der Waals surface area contributed by atoms with Gasteiger partial charge in [-0.15, -0.1) is 34.2 Å². The highest BCUT2D eigenvalue weighted by Crippen LogP contribution is 2.25. The van der Waals surface area contributed by atoms with Crippen molar-refractivity contribution in [2.75, 3.05) is 13.1 Å². The van der Waals surface area contributed by atoms with Gasteiger partial charge in [-0.2, -0.15) is 0 Å². The van der Waals surface area contributed by atoms with Crippen LogP contribution >= 0.6 is 24.0 Å². The van der Waals surface area contributed by atoms with E-state index in [2.05, 4.69) is 73.6 Å². The highest BCUT2D eigenvalue weighted by atomic mass is 127. The number of halogens is 1. The van der Waals surface area contributed by atoms with Crippen molar-refractivity contribution in [2.24, 2.45) is 4.99 Å². The fourth-order valence-electron chi connectivity index (χ4n) is 3.24. The van der Waals surface area contributed by atoms with Crippen LogP contribution in [0.2, 0.25) is 0 Å². The lowest BCUT2D eigenvalue weighted by atomic mass is 10.1. The van der Waals surface area contributed by atoms with Crippen molar-refractivity contribution < 1.29 is 4.74 Å². The van der Waals surface area contributed by atoms with Crippen molar-refractivity contribution in [3.8, 4) is 5.75 Å². The first-order valence-corrected chi connectivity index (χ1v) is 10.9. The molecule has 2 N–H and O–H groups in total. The zero-order valence-electron chi connectivity index (χ0n) is 19.7. The second-order valence-electron chi connectivity index (χ2n) is 8.60. The topological polar surface area (TPSA) is 75.8 Å². The number of benzene rings is 1. The van der Waals surface area contributed by atoms with Crippen LogP contribution in [-0.4, -0.2) is 39.2 Å². The van der Waals surface area contributed by atoms with E-state index in [-0.39, 0.29) is 29.6 Å². The van der Waals surface area contributed by atoms with E-state index in [1.807, 2.05) is 28.8 Å². The monoisotopic (exact) mass is 550 g/mol. The van der Waals surface area contributed by atoms with Gasteiger partial charge in [-0.3, -0.25) is 4.40 Å². The zero-order valence-corrected chi connectivity index (χ0v) is 22.0. The van der Waals surface area contributed by atoms with Crippen molar-refractivity contribution in [2.45, 2.75) is 59.6 Å². The molecule has 0 fully saturated rings. The highest BCUT2D eigenvalue weighted by molar-refractivity contribution is 14.0. The van der Waals surface area contributed by atoms with Crippen LogP contribution in [0.1, 0.15) is 51.1 Å². The Morgan fingerprint density at radius 2 is 1.94 bits per heavy atom. The molecule has 0 bridgehead atoms. The van der Waals surface area contributed by atoms with Crippen LogP contribution in [0, 0.1) is 6.92 Å². The molecule has 1 aromatic carbocycles. The van der Waals surface area contributed by atoms with E-state index in [4.69, 9.17) is 9.73 Å². The van der Waals surface area contributed by atoms with Crippen molar-refractivity contribution in [3.63, 3.8) is 0 Å². The fraction of sp³-hybridized carbons (Fsp3) is 0.458. The number of nitrogens with one attached hydrogen (secondary N) is 2. The Morgan fingerprint density at radius 1 is 1.12 bits per heavy atom. The molecule has 7 nitrogen and oxygen atoms in total. The number of guanidine groups is 1. The average Bonchev–Trinajstić information content (AvgIpc) is 3.12. The summed E-state index contributed by atoms with van der Waals surface area (Å²) in [6.07, 6.45) is 3.78. The molecule has 0 radical (unpaired) electrons. The van der Waals surface area contributed by atoms with Gasteiger partial charge in [-0.05, 0) is 64.8 Å². The number of pyridine rings is 1. The Bertz CT molecular complexity index is 1020. The van der Waals surface area contributed by atoms with Crippen molar-refractivity contribution in [1.82, 2.24) is 25.2 Å². The summed E-state index contributed by atoms with van der Waals surface area (Å²) < 4.78 is 8.19. The van der Waals surface area contributed by atoms with E-state index in [0.29, 0.717) is 6.54 Å². The van der Waals surface area contributed by atoms with Gasteiger partial charge in [-0.1, -0.05) is 18.2 Å². The molecule has 0 aliphatic carbocycles. The molecule has 0 aliphatic rings. The SMILES string of the molecule is CCNC(=NCc1ccc(C)cc1OC(C)(C)C)NCCCc1nnc2ccccn12.I. The van der Waals surface area contributed by atoms with Crippen LogP contribution < -0.4 is 15.4 Å². The van der Waals surface area contributed by atoms with Gasteiger partial charge < -0.3 is 15.4 Å². The second-order valence-corrected chi connectivity index (χ2v) is 8.60. The second kappa shape index (κ2) is 12.0. The first-order valence-electron chi connectivity index (χ1n) is 10.9. The lowest BCUT2D eigenvalue weighted by molar-refractivity contribution is 0.129. The quantitative estimate of drug-likeness (QED) is 0.187. The van der Waals surface area contributed by atoms with E-state index in [1.165, 1.54) is 5.56 Å². The Labute approximate surface area is 208 Å². The maximum absolute atomic E-state index is 6.16. The fourth-order valence-corrected chi connectivity index (χ4v) is 3.24. The molecular weight excluding hydrogens is 515 g/mol. The van der Waals surface area contributed by atoms with Crippen LogP contribution in [0.4, 0.5) is 0 Å². The molecule has 174 valence electrons. The number of ether oxygens (including phenoxy) is 1. The predicted octanol–water partition coefficient (Wildman–Crippen LogP) is 4.52. The first-order chi connectivity index (χ1) is 14.9. The van der Waals surface area contributed by atoms with Gasteiger partial charge in [0.05, 0.1) is 6.54 Å². The third-order valence-corrected chi connectivity index (χ3v) is 4.64. The van der Waals surface area contributed by atoms with Crippen molar-refractivity contribution in [1.29, 1.82) is 0 Å². The van der Waals surface area contributed by atoms with Gasteiger partial charge in [0.25, 0.3) is 0 Å². The molecule has 3 rings (SSSR count). The van der Waals surface area contributed by atoms with E-state index < -0.39 is 0 Å². The Balaban J connectivity index is 0.00000363. The number of aromatic nitrogens is 3. The summed E-state index contributed by atoms with van der Waals surface area (Å²) in [4.78, 5) is 4.77. The first kappa shape index (κ1) is 25.9. The van der Waals surface area contributed by atoms with Gasteiger partial charge in [-0.25, -0.2) is 4.99 Å². The summed E-state index contributed by atoms with van der Waals surface area (Å²) >= 11 is 0. The third-order valence-electron chi connectivity index (χ3n) is 4.64. The van der Waals surface area contributed by atoms with Crippen LogP contribution in [-0.2, 0) is 13.0 Å². The summed E-state index contributed by atoms with van der Waals surface area (Å²) in [7, 11) is 0.